The first-order valence-corrected chi connectivity index (χ1v) is 30.8. The van der Waals surface area contributed by atoms with E-state index in [1.165, 1.54) is 191 Å². The van der Waals surface area contributed by atoms with Crippen molar-refractivity contribution in [3.63, 3.8) is 0 Å². The molecule has 4 aliphatic rings. The Bertz CT molecular complexity index is 5230. The minimum absolute atomic E-state index is 0.0110. The molecule has 0 aliphatic carbocycles. The van der Waals surface area contributed by atoms with Crippen LogP contribution in [0.3, 0.4) is 0 Å². The zero-order valence-corrected chi connectivity index (χ0v) is 48.3. The van der Waals surface area contributed by atoms with Crippen LogP contribution < -0.4 is 32.8 Å². The predicted octanol–water partition coefficient (Wildman–Crippen LogP) is 17.8. The van der Waals surface area contributed by atoms with Gasteiger partial charge >= 0.3 is 0 Å². The fourth-order valence-corrected chi connectivity index (χ4v) is 16.8. The van der Waals surface area contributed by atoms with Crippen LogP contribution in [-0.4, -0.2) is 13.4 Å². The van der Waals surface area contributed by atoms with Crippen LogP contribution in [0.25, 0.3) is 155 Å². The molecule has 0 amide bonds. The quantitative estimate of drug-likeness (QED) is 0.0848. The van der Waals surface area contributed by atoms with Gasteiger partial charge in [-0.1, -0.05) is 281 Å². The van der Waals surface area contributed by atoms with E-state index in [1.54, 1.807) is 0 Å². The molecule has 3 heteroatoms. The Morgan fingerprint density at radius 1 is 0.200 bits per heavy atom. The lowest BCUT2D eigenvalue weighted by molar-refractivity contribution is 1.57. The van der Waals surface area contributed by atoms with Crippen LogP contribution in [0.1, 0.15) is 0 Å². The molecule has 0 nitrogen and oxygen atoms in total. The standard InChI is InChI=1S/C82H47B2I/c85-54-42-69-60-33-17-19-39-72(60)84-74-47-65-61(75-55(49-24-8-2-9-25-49)34-20-35-56(75)50-26-10-3-11-27-50)44-63-68-41-53(48-22-6-1-7-23-48)40-67-59-32-16-18-38-71(59)83(81(67)68)73-46-66-62(45-64(70(43-54)82(69)84)78(74)80(66)79(65)77(63)73)76-57(51-28-12-4-13-29-51)36-21-37-58(76)52-30-14-5-15-31-52/h1-47H. The summed E-state index contributed by atoms with van der Waals surface area (Å²) in [5.41, 5.74) is 36.2. The third-order valence-electron chi connectivity index (χ3n) is 19.5. The first-order valence-electron chi connectivity index (χ1n) is 29.7. The van der Waals surface area contributed by atoms with E-state index in [0.717, 1.165) is 0 Å². The second-order valence-electron chi connectivity index (χ2n) is 23.7. The van der Waals surface area contributed by atoms with E-state index < -0.39 is 0 Å². The van der Waals surface area contributed by atoms with E-state index >= 15 is 0 Å². The van der Waals surface area contributed by atoms with Gasteiger partial charge in [0, 0.05) is 3.57 Å². The SMILES string of the molecule is Ic1cc2c3c(c1)-c1cc(-c4c(-c5ccccc5)cccc4-c4ccccc4)c4cc5c6c(cc(-c7c(-c8ccccc8)cccc7-c7ccccc7)c7cc(c1c4c76)B3c1ccccc1-2)-c1cc(-c2ccccc2)cc2c1B5c1ccccc1-2. The van der Waals surface area contributed by atoms with Crippen molar-refractivity contribution in [2.75, 3.05) is 0 Å². The molecular formula is C82H47B2I. The number of halogens is 1. The normalized spacial score (nSPS) is 12.7. The maximum absolute atomic E-state index is 2.70. The molecule has 0 atom stereocenters. The summed E-state index contributed by atoms with van der Waals surface area (Å²) in [6.07, 6.45) is 0. The molecule has 85 heavy (non-hydrogen) atoms. The lowest BCUT2D eigenvalue weighted by atomic mass is 9.34. The highest BCUT2D eigenvalue weighted by atomic mass is 127. The van der Waals surface area contributed by atoms with Gasteiger partial charge in [-0.25, -0.2) is 0 Å². The number of benzene rings is 15. The Kier molecular flexibility index (Phi) is 10.2. The van der Waals surface area contributed by atoms with Gasteiger partial charge < -0.3 is 0 Å². The van der Waals surface area contributed by atoms with Crippen molar-refractivity contribution in [3.8, 4) is 122 Å². The third kappa shape index (κ3) is 6.70. The largest absolute Gasteiger partial charge is 0.244 e. The molecule has 0 saturated carbocycles. The van der Waals surface area contributed by atoms with Crippen LogP contribution >= 0.6 is 22.6 Å². The fourth-order valence-electron chi connectivity index (χ4n) is 16.2. The summed E-state index contributed by atoms with van der Waals surface area (Å²) in [5, 5.41) is 8.04. The highest BCUT2D eigenvalue weighted by Gasteiger charge is 2.45. The van der Waals surface area contributed by atoms with Crippen molar-refractivity contribution in [1.82, 2.24) is 0 Å². The van der Waals surface area contributed by atoms with Crippen LogP contribution in [0, 0.1) is 3.57 Å². The molecule has 19 rings (SSSR count). The van der Waals surface area contributed by atoms with Gasteiger partial charge in [0.25, 0.3) is 0 Å². The highest BCUT2D eigenvalue weighted by Crippen LogP contribution is 2.55. The van der Waals surface area contributed by atoms with Crippen molar-refractivity contribution in [2.24, 2.45) is 0 Å². The number of hydrogen-bond acceptors (Lipinski definition) is 0. The van der Waals surface area contributed by atoms with Gasteiger partial charge in [-0.3, -0.25) is 0 Å². The summed E-state index contributed by atoms with van der Waals surface area (Å²) in [5.74, 6) is 0. The van der Waals surface area contributed by atoms with Crippen LogP contribution in [0.15, 0.2) is 285 Å². The Balaban J connectivity index is 1.08. The number of fused-ring (bicyclic) bond motifs is 10. The van der Waals surface area contributed by atoms with Crippen LogP contribution in [0.4, 0.5) is 0 Å². The molecular weight excluding hydrogens is 1130 g/mol. The second kappa shape index (κ2) is 18.1. The molecule has 0 bridgehead atoms. The topological polar surface area (TPSA) is 0 Å². The van der Waals surface area contributed by atoms with Crippen molar-refractivity contribution < 1.29 is 0 Å². The van der Waals surface area contributed by atoms with Gasteiger partial charge in [0.15, 0.2) is 0 Å². The lowest BCUT2D eigenvalue weighted by Crippen LogP contribution is -2.53. The molecule has 0 spiro atoms. The average molecular weight is 1180 g/mol. The van der Waals surface area contributed by atoms with E-state index in [1.807, 2.05) is 0 Å². The van der Waals surface area contributed by atoms with Crippen LogP contribution in [-0.2, 0) is 0 Å². The summed E-state index contributed by atoms with van der Waals surface area (Å²) >= 11 is 2.60. The van der Waals surface area contributed by atoms with Crippen molar-refractivity contribution in [2.45, 2.75) is 0 Å². The van der Waals surface area contributed by atoms with Gasteiger partial charge in [-0.2, -0.15) is 0 Å². The summed E-state index contributed by atoms with van der Waals surface area (Å²) in [4.78, 5) is 0. The molecule has 0 N–H and O–H groups in total. The molecule has 0 radical (unpaired) electrons. The van der Waals surface area contributed by atoms with Gasteiger partial charge in [0.1, 0.15) is 0 Å². The number of hydrogen-bond donors (Lipinski definition) is 0. The molecule has 15 aromatic rings. The van der Waals surface area contributed by atoms with Gasteiger partial charge in [0.2, 0.25) is 13.4 Å². The molecule has 388 valence electrons. The molecule has 0 fully saturated rings. The Labute approximate surface area is 508 Å². The third-order valence-corrected chi connectivity index (χ3v) is 20.1. The lowest BCUT2D eigenvalue weighted by Gasteiger charge is -2.33. The Morgan fingerprint density at radius 3 is 0.918 bits per heavy atom. The van der Waals surface area contributed by atoms with Crippen molar-refractivity contribution in [3.05, 3.63) is 289 Å². The first-order chi connectivity index (χ1) is 42.1. The van der Waals surface area contributed by atoms with E-state index in [-0.39, 0.29) is 13.4 Å². The minimum atomic E-state index is 0.0110. The number of rotatable bonds is 7. The van der Waals surface area contributed by atoms with Crippen LogP contribution in [0.5, 0.6) is 0 Å². The molecule has 4 aliphatic heterocycles. The highest BCUT2D eigenvalue weighted by molar-refractivity contribution is 14.1. The smallest absolute Gasteiger partial charge is 0.0664 e. The fraction of sp³-hybridized carbons (Fsp3) is 0. The summed E-state index contributed by atoms with van der Waals surface area (Å²) in [6.45, 7) is 0.0489. The Morgan fingerprint density at radius 2 is 0.518 bits per heavy atom. The van der Waals surface area contributed by atoms with E-state index in [0.29, 0.717) is 0 Å². The second-order valence-corrected chi connectivity index (χ2v) is 24.9. The zero-order valence-electron chi connectivity index (χ0n) is 46.2. The van der Waals surface area contributed by atoms with Gasteiger partial charge in [0.05, 0.1) is 0 Å². The monoisotopic (exact) mass is 1180 g/mol. The molecule has 15 aromatic carbocycles. The van der Waals surface area contributed by atoms with Gasteiger partial charge in [-0.15, -0.1) is 0 Å². The van der Waals surface area contributed by atoms with E-state index in [2.05, 4.69) is 308 Å². The van der Waals surface area contributed by atoms with Crippen molar-refractivity contribution >= 4 is 101 Å². The Hall–Kier alpha value is -9.80. The van der Waals surface area contributed by atoms with Gasteiger partial charge in [-0.05, 0) is 214 Å². The van der Waals surface area contributed by atoms with Crippen LogP contribution in [0.2, 0.25) is 0 Å². The average Bonchev–Trinajstić information content (AvgIpc) is 1.70. The molecule has 4 heterocycles. The maximum atomic E-state index is 2.70. The minimum Gasteiger partial charge on any atom is -0.0664 e. The molecule has 0 saturated heterocycles. The van der Waals surface area contributed by atoms with E-state index in [9.17, 15) is 0 Å². The first kappa shape index (κ1) is 47.7. The maximum Gasteiger partial charge on any atom is 0.244 e. The molecule has 0 unspecified atom stereocenters. The summed E-state index contributed by atoms with van der Waals surface area (Å²) < 4.78 is 1.25. The predicted molar refractivity (Wildman–Crippen MR) is 372 cm³/mol. The summed E-state index contributed by atoms with van der Waals surface area (Å²) in [6, 6.07) is 109. The van der Waals surface area contributed by atoms with E-state index in [4.69, 9.17) is 0 Å². The van der Waals surface area contributed by atoms with Crippen molar-refractivity contribution in [1.29, 1.82) is 0 Å². The molecule has 0 aromatic heterocycles. The summed E-state index contributed by atoms with van der Waals surface area (Å²) in [7, 11) is 0. The zero-order chi connectivity index (χ0) is 55.6.